The van der Waals surface area contributed by atoms with E-state index in [2.05, 4.69) is 11.4 Å². The molecule has 0 unspecified atom stereocenters. The monoisotopic (exact) mass is 206 g/mol. The fourth-order valence-corrected chi connectivity index (χ4v) is 1.80. The molecule has 1 N–H and O–H groups in total. The molecule has 0 saturated heterocycles. The number of nitriles is 1. The third-order valence-electron chi connectivity index (χ3n) is 2.67. The summed E-state index contributed by atoms with van der Waals surface area (Å²) < 4.78 is 0. The van der Waals surface area contributed by atoms with Crippen molar-refractivity contribution in [3.63, 3.8) is 0 Å². The van der Waals surface area contributed by atoms with Crippen LogP contribution in [0.25, 0.3) is 0 Å². The van der Waals surface area contributed by atoms with Crippen LogP contribution in [0, 0.1) is 11.3 Å². The average molecular weight is 207 g/mol. The average Bonchev–Trinajstić information content (AvgIpc) is 2.14. The highest BCUT2D eigenvalue weighted by molar-refractivity contribution is 6.33. The third kappa shape index (κ3) is 1.56. The van der Waals surface area contributed by atoms with Crippen LogP contribution in [0.5, 0.6) is 0 Å². The predicted octanol–water partition coefficient (Wildman–Crippen LogP) is 3.20. The summed E-state index contributed by atoms with van der Waals surface area (Å²) in [7, 11) is 0. The molecule has 1 aromatic carbocycles. The second kappa shape index (κ2) is 3.51. The number of benzene rings is 1. The maximum Gasteiger partial charge on any atom is 0.125 e. The molecule has 3 heteroatoms. The van der Waals surface area contributed by atoms with Crippen LogP contribution in [-0.2, 0) is 0 Å². The number of nitrogens with one attached hydrogen (secondary N) is 1. The van der Waals surface area contributed by atoms with Gasteiger partial charge in [0.2, 0.25) is 0 Å². The van der Waals surface area contributed by atoms with Gasteiger partial charge in [-0.1, -0.05) is 23.7 Å². The van der Waals surface area contributed by atoms with Crippen molar-refractivity contribution in [2.24, 2.45) is 0 Å². The molecule has 2 rings (SSSR count). The van der Waals surface area contributed by atoms with Crippen LogP contribution in [0.1, 0.15) is 19.3 Å². The van der Waals surface area contributed by atoms with Gasteiger partial charge in [-0.2, -0.15) is 5.26 Å². The van der Waals surface area contributed by atoms with Gasteiger partial charge in [0.25, 0.3) is 0 Å². The van der Waals surface area contributed by atoms with Crippen LogP contribution in [0.4, 0.5) is 5.69 Å². The Hall–Kier alpha value is -1.20. The van der Waals surface area contributed by atoms with Gasteiger partial charge in [-0.05, 0) is 31.4 Å². The number of para-hydroxylation sites is 1. The molecule has 1 fully saturated rings. The molecule has 0 aromatic heterocycles. The molecule has 1 aromatic rings. The van der Waals surface area contributed by atoms with Crippen molar-refractivity contribution in [2.45, 2.75) is 24.8 Å². The van der Waals surface area contributed by atoms with Crippen LogP contribution in [0.2, 0.25) is 5.02 Å². The van der Waals surface area contributed by atoms with Gasteiger partial charge in [-0.15, -0.1) is 0 Å². The molecular weight excluding hydrogens is 196 g/mol. The minimum absolute atomic E-state index is 0.370. The lowest BCUT2D eigenvalue weighted by Crippen LogP contribution is -2.43. The first-order chi connectivity index (χ1) is 6.76. The van der Waals surface area contributed by atoms with Crippen molar-refractivity contribution in [3.8, 4) is 6.07 Å². The molecule has 2 nitrogen and oxygen atoms in total. The first-order valence-corrected chi connectivity index (χ1v) is 5.08. The Balaban J connectivity index is 2.19. The van der Waals surface area contributed by atoms with E-state index >= 15 is 0 Å². The second-order valence-electron chi connectivity index (χ2n) is 3.65. The first-order valence-electron chi connectivity index (χ1n) is 4.70. The van der Waals surface area contributed by atoms with E-state index in [9.17, 15) is 0 Å². The van der Waals surface area contributed by atoms with Crippen molar-refractivity contribution in [1.82, 2.24) is 0 Å². The molecule has 1 aliphatic rings. The Kier molecular flexibility index (Phi) is 2.35. The van der Waals surface area contributed by atoms with Gasteiger partial charge < -0.3 is 5.32 Å². The summed E-state index contributed by atoms with van der Waals surface area (Å²) in [6.45, 7) is 0. The Morgan fingerprint density at radius 2 is 2.07 bits per heavy atom. The van der Waals surface area contributed by atoms with Gasteiger partial charge in [0.15, 0.2) is 0 Å². The highest BCUT2D eigenvalue weighted by Gasteiger charge is 2.37. The van der Waals surface area contributed by atoms with Crippen LogP contribution in [0.3, 0.4) is 0 Å². The molecule has 14 heavy (non-hydrogen) atoms. The smallest absolute Gasteiger partial charge is 0.125 e. The molecule has 0 spiro atoms. The van der Waals surface area contributed by atoms with Gasteiger partial charge in [-0.25, -0.2) is 0 Å². The molecule has 1 saturated carbocycles. The van der Waals surface area contributed by atoms with E-state index in [4.69, 9.17) is 16.9 Å². The minimum Gasteiger partial charge on any atom is -0.366 e. The van der Waals surface area contributed by atoms with E-state index in [0.717, 1.165) is 24.9 Å². The summed E-state index contributed by atoms with van der Waals surface area (Å²) in [5, 5.41) is 12.9. The lowest BCUT2D eigenvalue weighted by atomic mass is 9.78. The van der Waals surface area contributed by atoms with Gasteiger partial charge >= 0.3 is 0 Å². The van der Waals surface area contributed by atoms with Gasteiger partial charge in [0, 0.05) is 0 Å². The molecule has 0 amide bonds. The highest BCUT2D eigenvalue weighted by Crippen LogP contribution is 2.36. The SMILES string of the molecule is N#CC1(Nc2ccccc2Cl)CCC1. The second-order valence-corrected chi connectivity index (χ2v) is 4.06. The predicted molar refractivity (Wildman–Crippen MR) is 57.3 cm³/mol. The largest absolute Gasteiger partial charge is 0.366 e. The number of halogens is 1. The molecule has 0 aliphatic heterocycles. The summed E-state index contributed by atoms with van der Waals surface area (Å²) in [4.78, 5) is 0. The van der Waals surface area contributed by atoms with Crippen molar-refractivity contribution in [1.29, 1.82) is 5.26 Å². The molecule has 0 radical (unpaired) electrons. The van der Waals surface area contributed by atoms with Crippen LogP contribution >= 0.6 is 11.6 Å². The minimum atomic E-state index is -0.370. The number of rotatable bonds is 2. The Morgan fingerprint density at radius 3 is 2.57 bits per heavy atom. The summed E-state index contributed by atoms with van der Waals surface area (Å²) >= 11 is 6.00. The maximum absolute atomic E-state index is 9.03. The fourth-order valence-electron chi connectivity index (χ4n) is 1.62. The Labute approximate surface area is 88.5 Å². The van der Waals surface area contributed by atoms with Crippen molar-refractivity contribution in [2.75, 3.05) is 5.32 Å². The van der Waals surface area contributed by atoms with E-state index in [1.165, 1.54) is 0 Å². The van der Waals surface area contributed by atoms with Crippen molar-refractivity contribution < 1.29 is 0 Å². The first kappa shape index (κ1) is 9.36. The zero-order valence-electron chi connectivity index (χ0n) is 7.76. The van der Waals surface area contributed by atoms with E-state index in [-0.39, 0.29) is 5.54 Å². The van der Waals surface area contributed by atoms with Gasteiger partial charge in [0.05, 0.1) is 16.8 Å². The standard InChI is InChI=1S/C11H11ClN2/c12-9-4-1-2-5-10(9)14-11(8-13)6-3-7-11/h1-2,4-5,14H,3,6-7H2. The molecule has 0 bridgehead atoms. The normalized spacial score (nSPS) is 18.0. The fraction of sp³-hybridized carbons (Fsp3) is 0.364. The zero-order chi connectivity index (χ0) is 10.0. The van der Waals surface area contributed by atoms with E-state index in [1.54, 1.807) is 0 Å². The molecule has 1 aliphatic carbocycles. The van der Waals surface area contributed by atoms with Crippen molar-refractivity contribution in [3.05, 3.63) is 29.3 Å². The zero-order valence-corrected chi connectivity index (χ0v) is 8.51. The lowest BCUT2D eigenvalue weighted by molar-refractivity contribution is 0.356. The summed E-state index contributed by atoms with van der Waals surface area (Å²) in [5.74, 6) is 0. The number of nitrogens with zero attached hydrogens (tertiary/aromatic N) is 1. The summed E-state index contributed by atoms with van der Waals surface area (Å²) in [6, 6.07) is 9.85. The van der Waals surface area contributed by atoms with Crippen LogP contribution < -0.4 is 5.32 Å². The quantitative estimate of drug-likeness (QED) is 0.807. The number of hydrogen-bond donors (Lipinski definition) is 1. The molecule has 0 atom stereocenters. The van der Waals surface area contributed by atoms with E-state index in [1.807, 2.05) is 24.3 Å². The van der Waals surface area contributed by atoms with Crippen LogP contribution in [-0.4, -0.2) is 5.54 Å². The highest BCUT2D eigenvalue weighted by atomic mass is 35.5. The Morgan fingerprint density at radius 1 is 1.36 bits per heavy atom. The van der Waals surface area contributed by atoms with Crippen LogP contribution in [0.15, 0.2) is 24.3 Å². The van der Waals surface area contributed by atoms with E-state index < -0.39 is 0 Å². The summed E-state index contributed by atoms with van der Waals surface area (Å²) in [6.07, 6.45) is 2.94. The maximum atomic E-state index is 9.03. The van der Waals surface area contributed by atoms with Gasteiger partial charge in [0.1, 0.15) is 5.54 Å². The third-order valence-corrected chi connectivity index (χ3v) is 3.00. The molecular formula is C11H11ClN2. The number of hydrogen-bond acceptors (Lipinski definition) is 2. The van der Waals surface area contributed by atoms with Gasteiger partial charge in [-0.3, -0.25) is 0 Å². The number of anilines is 1. The topological polar surface area (TPSA) is 35.8 Å². The van der Waals surface area contributed by atoms with E-state index in [0.29, 0.717) is 5.02 Å². The lowest BCUT2D eigenvalue weighted by Gasteiger charge is -2.37. The van der Waals surface area contributed by atoms with Crippen molar-refractivity contribution >= 4 is 17.3 Å². The Bertz CT molecular complexity index is 377. The summed E-state index contributed by atoms with van der Waals surface area (Å²) in [5.41, 5.74) is 0.487. The molecule has 72 valence electrons. The molecule has 0 heterocycles.